The van der Waals surface area contributed by atoms with Crippen LogP contribution in [0.25, 0.3) is 0 Å². The van der Waals surface area contributed by atoms with Gasteiger partial charge in [0.25, 0.3) is 5.92 Å². The van der Waals surface area contributed by atoms with Crippen LogP contribution >= 0.6 is 0 Å². The molecule has 0 bridgehead atoms. The van der Waals surface area contributed by atoms with Crippen molar-refractivity contribution in [3.8, 4) is 0 Å². The van der Waals surface area contributed by atoms with E-state index in [1.54, 1.807) is 6.92 Å². The Kier molecular flexibility index (Phi) is 6.35. The minimum atomic E-state index is -3.25. The van der Waals surface area contributed by atoms with Gasteiger partial charge in [-0.2, -0.15) is 0 Å². The topological polar surface area (TPSA) is 58.6 Å². The molecule has 0 aromatic carbocycles. The van der Waals surface area contributed by atoms with Gasteiger partial charge in [0, 0.05) is 13.5 Å². The summed E-state index contributed by atoms with van der Waals surface area (Å²) in [5.41, 5.74) is 0. The summed E-state index contributed by atoms with van der Waals surface area (Å²) in [6.07, 6.45) is 0.540. The Morgan fingerprint density at radius 3 is 2.67 bits per heavy atom. The zero-order valence-corrected chi connectivity index (χ0v) is 8.93. The maximum atomic E-state index is 12.5. The summed E-state index contributed by atoms with van der Waals surface area (Å²) in [6, 6.07) is 0. The van der Waals surface area contributed by atoms with E-state index < -0.39 is 25.0 Å². The van der Waals surface area contributed by atoms with Gasteiger partial charge in [0.1, 0.15) is 6.61 Å². The smallest absolute Gasteiger partial charge is 0.287 e. The van der Waals surface area contributed by atoms with E-state index in [4.69, 9.17) is 9.84 Å². The molecule has 2 N–H and O–H groups in total. The molecule has 0 aromatic heterocycles. The minimum absolute atomic E-state index is 0.0749. The van der Waals surface area contributed by atoms with Gasteiger partial charge in [-0.1, -0.05) is 0 Å². The Bertz CT molecular complexity index is 200. The van der Waals surface area contributed by atoms with Crippen LogP contribution in [-0.4, -0.2) is 43.3 Å². The highest BCUT2D eigenvalue weighted by Gasteiger charge is 2.27. The van der Waals surface area contributed by atoms with Crippen molar-refractivity contribution in [1.29, 1.82) is 0 Å². The molecule has 0 fully saturated rings. The van der Waals surface area contributed by atoms with Crippen molar-refractivity contribution in [1.82, 2.24) is 5.32 Å². The second kappa shape index (κ2) is 6.68. The molecule has 0 aromatic rings. The van der Waals surface area contributed by atoms with Gasteiger partial charge < -0.3 is 15.2 Å². The number of rotatable bonds is 7. The number of carbonyl (C=O) groups excluding carboxylic acids is 1. The second-order valence-corrected chi connectivity index (χ2v) is 3.38. The Labute approximate surface area is 87.6 Å². The van der Waals surface area contributed by atoms with E-state index in [1.165, 1.54) is 7.11 Å². The van der Waals surface area contributed by atoms with Crippen LogP contribution in [-0.2, 0) is 9.53 Å². The number of nitrogens with one attached hydrogen (secondary N) is 1. The van der Waals surface area contributed by atoms with Gasteiger partial charge >= 0.3 is 0 Å². The Balaban J connectivity index is 3.67. The Morgan fingerprint density at radius 1 is 1.60 bits per heavy atom. The SMILES string of the molecule is COC(C)CCC(=O)NCC(F)(F)CO. The highest BCUT2D eigenvalue weighted by molar-refractivity contribution is 5.75. The van der Waals surface area contributed by atoms with E-state index in [-0.39, 0.29) is 12.5 Å². The molecule has 6 heteroatoms. The van der Waals surface area contributed by atoms with Crippen LogP contribution in [0.5, 0.6) is 0 Å². The number of halogens is 2. The lowest BCUT2D eigenvalue weighted by Crippen LogP contribution is -2.39. The number of hydrogen-bond acceptors (Lipinski definition) is 3. The summed E-state index contributed by atoms with van der Waals surface area (Å²) in [5, 5.41) is 10.3. The molecule has 0 spiro atoms. The molecule has 0 heterocycles. The van der Waals surface area contributed by atoms with Gasteiger partial charge in [-0.15, -0.1) is 0 Å². The van der Waals surface area contributed by atoms with Crippen molar-refractivity contribution in [2.75, 3.05) is 20.3 Å². The lowest BCUT2D eigenvalue weighted by molar-refractivity contribution is -0.124. The number of ether oxygens (including phenoxy) is 1. The van der Waals surface area contributed by atoms with E-state index in [9.17, 15) is 13.6 Å². The zero-order valence-electron chi connectivity index (χ0n) is 8.93. The molecular weight excluding hydrogens is 208 g/mol. The summed E-state index contributed by atoms with van der Waals surface area (Å²) in [6.45, 7) is -0.305. The van der Waals surface area contributed by atoms with Crippen LogP contribution in [0.15, 0.2) is 0 Å². The average molecular weight is 225 g/mol. The molecule has 1 amide bonds. The maximum absolute atomic E-state index is 12.5. The van der Waals surface area contributed by atoms with Crippen molar-refractivity contribution >= 4 is 5.91 Å². The molecule has 0 aliphatic heterocycles. The number of aliphatic hydroxyl groups is 1. The number of alkyl halides is 2. The summed E-state index contributed by atoms with van der Waals surface area (Å²) >= 11 is 0. The van der Waals surface area contributed by atoms with E-state index >= 15 is 0 Å². The van der Waals surface area contributed by atoms with Gasteiger partial charge in [0.05, 0.1) is 12.6 Å². The van der Waals surface area contributed by atoms with Crippen LogP contribution in [0.3, 0.4) is 0 Å². The predicted octanol–water partition coefficient (Wildman–Crippen LogP) is 0.545. The van der Waals surface area contributed by atoms with Gasteiger partial charge in [-0.25, -0.2) is 8.78 Å². The standard InChI is InChI=1S/C9H17F2NO3/c1-7(15-2)3-4-8(14)12-5-9(10,11)6-13/h7,13H,3-6H2,1-2H3,(H,12,14). The van der Waals surface area contributed by atoms with Crippen LogP contribution in [0.4, 0.5) is 8.78 Å². The largest absolute Gasteiger partial charge is 0.390 e. The molecule has 0 saturated carbocycles. The first-order valence-corrected chi connectivity index (χ1v) is 4.69. The monoisotopic (exact) mass is 225 g/mol. The lowest BCUT2D eigenvalue weighted by atomic mass is 10.2. The Hall–Kier alpha value is -0.750. The highest BCUT2D eigenvalue weighted by atomic mass is 19.3. The van der Waals surface area contributed by atoms with Crippen LogP contribution in [0.1, 0.15) is 19.8 Å². The van der Waals surface area contributed by atoms with Gasteiger partial charge in [0.15, 0.2) is 0 Å². The lowest BCUT2D eigenvalue weighted by Gasteiger charge is -2.14. The van der Waals surface area contributed by atoms with Gasteiger partial charge in [-0.05, 0) is 13.3 Å². The van der Waals surface area contributed by atoms with E-state index in [1.807, 2.05) is 5.32 Å². The number of methoxy groups -OCH3 is 1. The molecule has 0 radical (unpaired) electrons. The molecule has 0 aliphatic carbocycles. The first-order valence-electron chi connectivity index (χ1n) is 4.69. The minimum Gasteiger partial charge on any atom is -0.390 e. The zero-order chi connectivity index (χ0) is 11.9. The fraction of sp³-hybridized carbons (Fsp3) is 0.889. The van der Waals surface area contributed by atoms with Crippen molar-refractivity contribution in [2.24, 2.45) is 0 Å². The third kappa shape index (κ3) is 7.21. The summed E-state index contributed by atoms with van der Waals surface area (Å²) in [5.74, 6) is -3.71. The summed E-state index contributed by atoms with van der Waals surface area (Å²) < 4.78 is 29.9. The van der Waals surface area contributed by atoms with Crippen LogP contribution < -0.4 is 5.32 Å². The molecule has 1 atom stereocenters. The van der Waals surface area contributed by atoms with Crippen molar-refractivity contribution < 1.29 is 23.4 Å². The summed E-state index contributed by atoms with van der Waals surface area (Å²) in [4.78, 5) is 11.0. The highest BCUT2D eigenvalue weighted by Crippen LogP contribution is 2.10. The first kappa shape index (κ1) is 14.2. The Morgan fingerprint density at radius 2 is 2.20 bits per heavy atom. The van der Waals surface area contributed by atoms with Crippen molar-refractivity contribution in [3.05, 3.63) is 0 Å². The van der Waals surface area contributed by atoms with Gasteiger partial charge in [0.2, 0.25) is 5.91 Å². The number of carbonyl (C=O) groups is 1. The van der Waals surface area contributed by atoms with Crippen LogP contribution in [0, 0.1) is 0 Å². The maximum Gasteiger partial charge on any atom is 0.287 e. The normalized spacial score (nSPS) is 13.7. The molecule has 90 valence electrons. The first-order chi connectivity index (χ1) is 6.91. The second-order valence-electron chi connectivity index (χ2n) is 3.38. The van der Waals surface area contributed by atoms with Gasteiger partial charge in [-0.3, -0.25) is 4.79 Å². The quantitative estimate of drug-likeness (QED) is 0.665. The van der Waals surface area contributed by atoms with Crippen LogP contribution in [0.2, 0.25) is 0 Å². The number of hydrogen-bond donors (Lipinski definition) is 2. The molecule has 1 unspecified atom stereocenters. The molecule has 0 aliphatic rings. The molecule has 15 heavy (non-hydrogen) atoms. The fourth-order valence-electron chi connectivity index (χ4n) is 0.824. The molecule has 4 nitrogen and oxygen atoms in total. The fourth-order valence-corrected chi connectivity index (χ4v) is 0.824. The molecule has 0 saturated heterocycles. The van der Waals surface area contributed by atoms with E-state index in [0.29, 0.717) is 6.42 Å². The third-order valence-corrected chi connectivity index (χ3v) is 1.96. The van der Waals surface area contributed by atoms with E-state index in [0.717, 1.165) is 0 Å². The third-order valence-electron chi connectivity index (χ3n) is 1.96. The molecular formula is C9H17F2NO3. The predicted molar refractivity (Wildman–Crippen MR) is 50.7 cm³/mol. The van der Waals surface area contributed by atoms with Crippen molar-refractivity contribution in [2.45, 2.75) is 31.8 Å². The summed E-state index contributed by atoms with van der Waals surface area (Å²) in [7, 11) is 1.52. The number of aliphatic hydroxyl groups excluding tert-OH is 1. The average Bonchev–Trinajstić information content (AvgIpc) is 2.23. The number of amides is 1. The van der Waals surface area contributed by atoms with Crippen molar-refractivity contribution in [3.63, 3.8) is 0 Å². The molecule has 0 rings (SSSR count). The van der Waals surface area contributed by atoms with E-state index in [2.05, 4.69) is 0 Å².